The number of phenolic OH excluding ortho intramolecular Hbond substituents is 1. The molecule has 0 bridgehead atoms. The first-order chi connectivity index (χ1) is 13.1. The molecule has 4 nitrogen and oxygen atoms in total. The van der Waals surface area contributed by atoms with Gasteiger partial charge in [-0.05, 0) is 60.6 Å². The van der Waals surface area contributed by atoms with E-state index < -0.39 is 0 Å². The number of aryl methyl sites for hydroxylation is 2. The maximum absolute atomic E-state index is 9.95. The van der Waals surface area contributed by atoms with Crippen LogP contribution in [0.15, 0.2) is 54.7 Å². The molecular formula is C23H27N3O. The standard InChI is InChI=1S/C23H27N3O/c1-3-18-15-26(24-23(18)21-11-17(2)12-22(27)13-21)16-25-10-9-20(14-25)19-7-5-4-6-8-19/h4-8,11-13,15,20,27H,3,9-10,14,16H2,1-2H3. The molecule has 1 saturated heterocycles. The van der Waals surface area contributed by atoms with E-state index in [1.165, 1.54) is 17.5 Å². The fourth-order valence-electron chi connectivity index (χ4n) is 4.10. The summed E-state index contributed by atoms with van der Waals surface area (Å²) >= 11 is 0. The molecule has 1 aromatic heterocycles. The molecule has 1 fully saturated rings. The molecule has 0 amide bonds. The Balaban J connectivity index is 1.51. The highest BCUT2D eigenvalue weighted by atomic mass is 16.3. The van der Waals surface area contributed by atoms with Gasteiger partial charge in [0.15, 0.2) is 0 Å². The minimum absolute atomic E-state index is 0.298. The minimum atomic E-state index is 0.298. The summed E-state index contributed by atoms with van der Waals surface area (Å²) in [6, 6.07) is 16.5. The Bertz CT molecular complexity index is 896. The number of hydrogen-bond donors (Lipinski definition) is 1. The molecule has 0 aliphatic carbocycles. The smallest absolute Gasteiger partial charge is 0.116 e. The van der Waals surface area contributed by atoms with Crippen LogP contribution in [0.1, 0.15) is 36.0 Å². The number of benzene rings is 2. The summed E-state index contributed by atoms with van der Waals surface area (Å²) in [5, 5.41) is 14.8. The van der Waals surface area contributed by atoms with Crippen LogP contribution in [0.3, 0.4) is 0 Å². The predicted molar refractivity (Wildman–Crippen MR) is 109 cm³/mol. The number of aromatic hydroxyl groups is 1. The van der Waals surface area contributed by atoms with Crippen LogP contribution in [0, 0.1) is 6.92 Å². The molecule has 1 atom stereocenters. The third kappa shape index (κ3) is 3.91. The van der Waals surface area contributed by atoms with Crippen LogP contribution in [0.4, 0.5) is 0 Å². The van der Waals surface area contributed by atoms with Gasteiger partial charge in [0, 0.05) is 24.8 Å². The summed E-state index contributed by atoms with van der Waals surface area (Å²) in [7, 11) is 0. The summed E-state index contributed by atoms with van der Waals surface area (Å²) in [4.78, 5) is 2.47. The van der Waals surface area contributed by atoms with Gasteiger partial charge in [-0.1, -0.05) is 37.3 Å². The van der Waals surface area contributed by atoms with Crippen LogP contribution in [-0.4, -0.2) is 32.9 Å². The van der Waals surface area contributed by atoms with Gasteiger partial charge in [0.2, 0.25) is 0 Å². The number of phenols is 1. The van der Waals surface area contributed by atoms with Crippen LogP contribution in [0.2, 0.25) is 0 Å². The summed E-state index contributed by atoms with van der Waals surface area (Å²) in [5.41, 5.74) is 5.68. The van der Waals surface area contributed by atoms with E-state index in [1.807, 2.05) is 6.92 Å². The summed E-state index contributed by atoms with van der Waals surface area (Å²) in [5.74, 6) is 0.910. The predicted octanol–water partition coefficient (Wildman–Crippen LogP) is 4.57. The lowest BCUT2D eigenvalue weighted by Gasteiger charge is -2.16. The Labute approximate surface area is 161 Å². The third-order valence-corrected chi connectivity index (χ3v) is 5.44. The Hall–Kier alpha value is -2.59. The maximum Gasteiger partial charge on any atom is 0.116 e. The first-order valence-electron chi connectivity index (χ1n) is 9.77. The summed E-state index contributed by atoms with van der Waals surface area (Å²) in [6.45, 7) is 7.14. The first kappa shape index (κ1) is 17.8. The van der Waals surface area contributed by atoms with Crippen LogP contribution >= 0.6 is 0 Å². The highest BCUT2D eigenvalue weighted by Crippen LogP contribution is 2.29. The number of rotatable bonds is 5. The van der Waals surface area contributed by atoms with E-state index in [0.717, 1.165) is 43.0 Å². The zero-order chi connectivity index (χ0) is 18.8. The SMILES string of the molecule is CCc1cn(CN2CCC(c3ccccc3)C2)nc1-c1cc(C)cc(O)c1. The zero-order valence-corrected chi connectivity index (χ0v) is 16.1. The molecule has 2 heterocycles. The zero-order valence-electron chi connectivity index (χ0n) is 16.1. The number of aromatic nitrogens is 2. The van der Waals surface area contributed by atoms with Crippen molar-refractivity contribution in [3.05, 3.63) is 71.4 Å². The Morgan fingerprint density at radius 1 is 1.15 bits per heavy atom. The highest BCUT2D eigenvalue weighted by Gasteiger charge is 2.24. The molecule has 4 rings (SSSR count). The average Bonchev–Trinajstić information content (AvgIpc) is 3.29. The molecule has 2 aromatic carbocycles. The van der Waals surface area contributed by atoms with Crippen molar-refractivity contribution in [2.75, 3.05) is 13.1 Å². The van der Waals surface area contributed by atoms with E-state index >= 15 is 0 Å². The van der Waals surface area contributed by atoms with Gasteiger partial charge in [-0.3, -0.25) is 9.58 Å². The topological polar surface area (TPSA) is 41.3 Å². The van der Waals surface area contributed by atoms with Gasteiger partial charge in [-0.15, -0.1) is 0 Å². The molecule has 1 aliphatic rings. The van der Waals surface area contributed by atoms with Gasteiger partial charge < -0.3 is 5.11 Å². The molecule has 1 aliphatic heterocycles. The molecular weight excluding hydrogens is 334 g/mol. The van der Waals surface area contributed by atoms with Crippen molar-refractivity contribution in [2.24, 2.45) is 0 Å². The maximum atomic E-state index is 9.95. The van der Waals surface area contributed by atoms with E-state index in [1.54, 1.807) is 12.1 Å². The van der Waals surface area contributed by atoms with Crippen LogP contribution in [0.5, 0.6) is 5.75 Å². The molecule has 0 saturated carbocycles. The second-order valence-corrected chi connectivity index (χ2v) is 7.57. The summed E-state index contributed by atoms with van der Waals surface area (Å²) < 4.78 is 2.06. The van der Waals surface area contributed by atoms with Gasteiger partial charge in [0.1, 0.15) is 5.75 Å². The summed E-state index contributed by atoms with van der Waals surface area (Å²) in [6.07, 6.45) is 4.28. The Kier molecular flexibility index (Phi) is 4.99. The highest BCUT2D eigenvalue weighted by molar-refractivity contribution is 5.65. The number of likely N-dealkylation sites (tertiary alicyclic amines) is 1. The molecule has 0 spiro atoms. The third-order valence-electron chi connectivity index (χ3n) is 5.44. The second kappa shape index (κ2) is 7.57. The lowest BCUT2D eigenvalue weighted by atomic mass is 9.99. The fourth-order valence-corrected chi connectivity index (χ4v) is 4.10. The average molecular weight is 361 g/mol. The number of hydrogen-bond acceptors (Lipinski definition) is 3. The molecule has 1 unspecified atom stereocenters. The van der Waals surface area contributed by atoms with Crippen molar-refractivity contribution in [1.82, 2.24) is 14.7 Å². The normalized spacial score (nSPS) is 17.5. The second-order valence-electron chi connectivity index (χ2n) is 7.57. The lowest BCUT2D eigenvalue weighted by molar-refractivity contribution is 0.252. The van der Waals surface area contributed by atoms with Crippen molar-refractivity contribution < 1.29 is 5.11 Å². The Morgan fingerprint density at radius 2 is 1.96 bits per heavy atom. The van der Waals surface area contributed by atoms with Gasteiger partial charge >= 0.3 is 0 Å². The van der Waals surface area contributed by atoms with Crippen molar-refractivity contribution in [3.8, 4) is 17.0 Å². The van der Waals surface area contributed by atoms with Crippen molar-refractivity contribution in [1.29, 1.82) is 0 Å². The first-order valence-corrected chi connectivity index (χ1v) is 9.77. The van der Waals surface area contributed by atoms with Crippen molar-refractivity contribution >= 4 is 0 Å². The monoisotopic (exact) mass is 361 g/mol. The van der Waals surface area contributed by atoms with E-state index in [2.05, 4.69) is 59.1 Å². The molecule has 1 N–H and O–H groups in total. The van der Waals surface area contributed by atoms with Gasteiger partial charge in [-0.25, -0.2) is 0 Å². The fraction of sp³-hybridized carbons (Fsp3) is 0.348. The largest absolute Gasteiger partial charge is 0.508 e. The lowest BCUT2D eigenvalue weighted by Crippen LogP contribution is -2.24. The minimum Gasteiger partial charge on any atom is -0.508 e. The van der Waals surface area contributed by atoms with E-state index in [-0.39, 0.29) is 0 Å². The van der Waals surface area contributed by atoms with Crippen molar-refractivity contribution in [3.63, 3.8) is 0 Å². The van der Waals surface area contributed by atoms with Crippen molar-refractivity contribution in [2.45, 2.75) is 39.3 Å². The molecule has 27 heavy (non-hydrogen) atoms. The number of nitrogens with zero attached hydrogens (tertiary/aromatic N) is 3. The van der Waals surface area contributed by atoms with Crippen LogP contribution in [-0.2, 0) is 13.1 Å². The van der Waals surface area contributed by atoms with Gasteiger partial charge in [0.25, 0.3) is 0 Å². The molecule has 4 heteroatoms. The quantitative estimate of drug-likeness (QED) is 0.723. The van der Waals surface area contributed by atoms with E-state index in [0.29, 0.717) is 11.7 Å². The van der Waals surface area contributed by atoms with Crippen LogP contribution < -0.4 is 0 Å². The molecule has 0 radical (unpaired) electrons. The molecule has 140 valence electrons. The molecule has 3 aromatic rings. The van der Waals surface area contributed by atoms with Gasteiger partial charge in [0.05, 0.1) is 12.4 Å². The Morgan fingerprint density at radius 3 is 2.70 bits per heavy atom. The van der Waals surface area contributed by atoms with Crippen LogP contribution in [0.25, 0.3) is 11.3 Å². The van der Waals surface area contributed by atoms with Gasteiger partial charge in [-0.2, -0.15) is 5.10 Å². The van der Waals surface area contributed by atoms with E-state index in [4.69, 9.17) is 5.10 Å². The van der Waals surface area contributed by atoms with E-state index in [9.17, 15) is 5.11 Å².